The first-order valence-corrected chi connectivity index (χ1v) is 9.18. The molecular formula is C20H22ClN3O2. The molecule has 1 fully saturated rings. The third kappa shape index (κ3) is 4.22. The van der Waals surface area contributed by atoms with Gasteiger partial charge < -0.3 is 10.2 Å². The van der Waals surface area contributed by atoms with Gasteiger partial charge in [-0.05, 0) is 61.6 Å². The minimum Gasteiger partial charge on any atom is -0.350 e. The lowest BCUT2D eigenvalue weighted by atomic mass is 10.00. The number of hydrogen-bond acceptors (Lipinski definition) is 3. The van der Waals surface area contributed by atoms with E-state index in [1.165, 1.54) is 0 Å². The molecule has 1 aliphatic heterocycles. The first-order chi connectivity index (χ1) is 12.6. The van der Waals surface area contributed by atoms with Gasteiger partial charge in [-0.3, -0.25) is 14.6 Å². The van der Waals surface area contributed by atoms with Crippen molar-refractivity contribution in [2.45, 2.75) is 38.8 Å². The van der Waals surface area contributed by atoms with E-state index in [0.717, 1.165) is 24.0 Å². The van der Waals surface area contributed by atoms with Gasteiger partial charge in [0.05, 0.1) is 5.56 Å². The molecule has 1 saturated heterocycles. The van der Waals surface area contributed by atoms with E-state index < -0.39 is 6.04 Å². The van der Waals surface area contributed by atoms with E-state index in [4.69, 9.17) is 11.6 Å². The highest BCUT2D eigenvalue weighted by Gasteiger charge is 2.32. The molecule has 1 aromatic carbocycles. The number of halogens is 1. The molecule has 0 radical (unpaired) electrons. The van der Waals surface area contributed by atoms with E-state index in [1.807, 2.05) is 25.1 Å². The summed E-state index contributed by atoms with van der Waals surface area (Å²) in [6.45, 7) is 2.97. The minimum absolute atomic E-state index is 0.124. The number of rotatable bonds is 4. The molecule has 5 nitrogen and oxygen atoms in total. The molecule has 2 heterocycles. The molecule has 1 N–H and O–H groups in total. The number of nitrogens with zero attached hydrogens (tertiary/aromatic N) is 2. The molecule has 0 bridgehead atoms. The summed E-state index contributed by atoms with van der Waals surface area (Å²) in [6, 6.07) is 8.63. The second kappa shape index (κ2) is 8.32. The Balaban J connectivity index is 1.70. The Morgan fingerprint density at radius 1 is 1.31 bits per heavy atom. The summed E-state index contributed by atoms with van der Waals surface area (Å²) in [5, 5.41) is 3.61. The van der Waals surface area contributed by atoms with Crippen molar-refractivity contribution in [3.8, 4) is 0 Å². The molecule has 0 spiro atoms. The number of aromatic nitrogens is 1. The molecule has 0 aliphatic carbocycles. The fraction of sp³-hybridized carbons (Fsp3) is 0.350. The number of pyridine rings is 1. The van der Waals surface area contributed by atoms with Crippen LogP contribution in [-0.4, -0.2) is 34.3 Å². The summed E-state index contributed by atoms with van der Waals surface area (Å²) in [6.07, 6.45) is 5.69. The van der Waals surface area contributed by atoms with Gasteiger partial charge >= 0.3 is 0 Å². The van der Waals surface area contributed by atoms with Crippen molar-refractivity contribution in [2.75, 3.05) is 6.54 Å². The van der Waals surface area contributed by atoms with Crippen molar-refractivity contribution in [1.82, 2.24) is 15.2 Å². The predicted octanol–water partition coefficient (Wildman–Crippen LogP) is 3.35. The van der Waals surface area contributed by atoms with Crippen molar-refractivity contribution < 1.29 is 9.59 Å². The quantitative estimate of drug-likeness (QED) is 0.896. The Bertz CT molecular complexity index is 795. The van der Waals surface area contributed by atoms with E-state index >= 15 is 0 Å². The zero-order chi connectivity index (χ0) is 18.5. The zero-order valence-corrected chi connectivity index (χ0v) is 15.5. The van der Waals surface area contributed by atoms with Crippen LogP contribution >= 0.6 is 11.6 Å². The number of amides is 2. The SMILES string of the molecule is Cc1ccc(Cl)cc1CNC(=O)C1CCCCN1C(=O)c1cccnc1. The molecule has 2 amide bonds. The monoisotopic (exact) mass is 371 g/mol. The lowest BCUT2D eigenvalue weighted by Gasteiger charge is -2.34. The van der Waals surface area contributed by atoms with Gasteiger partial charge in [0, 0.05) is 30.5 Å². The number of carbonyl (C=O) groups excluding carboxylic acids is 2. The van der Waals surface area contributed by atoms with Crippen LogP contribution in [-0.2, 0) is 11.3 Å². The highest BCUT2D eigenvalue weighted by molar-refractivity contribution is 6.30. The molecule has 1 unspecified atom stereocenters. The van der Waals surface area contributed by atoms with Crippen LogP contribution in [0.3, 0.4) is 0 Å². The Hall–Kier alpha value is -2.40. The van der Waals surface area contributed by atoms with Crippen molar-refractivity contribution in [3.05, 3.63) is 64.4 Å². The topological polar surface area (TPSA) is 62.3 Å². The summed E-state index contributed by atoms with van der Waals surface area (Å²) in [4.78, 5) is 31.2. The van der Waals surface area contributed by atoms with Crippen molar-refractivity contribution >= 4 is 23.4 Å². The Kier molecular flexibility index (Phi) is 5.89. The molecule has 0 saturated carbocycles. The summed E-state index contributed by atoms with van der Waals surface area (Å²) in [5.41, 5.74) is 2.56. The van der Waals surface area contributed by atoms with Crippen LogP contribution in [0, 0.1) is 6.92 Å². The maximum atomic E-state index is 12.8. The molecule has 1 aromatic heterocycles. The van der Waals surface area contributed by atoms with Gasteiger partial charge in [-0.15, -0.1) is 0 Å². The highest BCUT2D eigenvalue weighted by atomic mass is 35.5. The van der Waals surface area contributed by atoms with Crippen molar-refractivity contribution in [3.63, 3.8) is 0 Å². The molecule has 136 valence electrons. The smallest absolute Gasteiger partial charge is 0.256 e. The molecule has 2 aromatic rings. The molecular weight excluding hydrogens is 350 g/mol. The van der Waals surface area contributed by atoms with Gasteiger partial charge in [0.1, 0.15) is 6.04 Å². The van der Waals surface area contributed by atoms with Crippen LogP contribution in [0.4, 0.5) is 0 Å². The standard InChI is InChI=1S/C20H22ClN3O2/c1-14-7-8-17(21)11-16(14)13-23-19(25)18-6-2-3-10-24(18)20(26)15-5-4-9-22-12-15/h4-5,7-9,11-12,18H,2-3,6,10,13H2,1H3,(H,23,25). The third-order valence-corrected chi connectivity index (χ3v) is 4.97. The Labute approximate surface area is 158 Å². The number of likely N-dealkylation sites (tertiary alicyclic amines) is 1. The van der Waals surface area contributed by atoms with Crippen LogP contribution < -0.4 is 5.32 Å². The van der Waals surface area contributed by atoms with E-state index in [1.54, 1.807) is 29.4 Å². The summed E-state index contributed by atoms with van der Waals surface area (Å²) >= 11 is 6.04. The van der Waals surface area contributed by atoms with Gasteiger partial charge in [0.15, 0.2) is 0 Å². The fourth-order valence-corrected chi connectivity index (χ4v) is 3.43. The van der Waals surface area contributed by atoms with Crippen LogP contribution in [0.2, 0.25) is 5.02 Å². The molecule has 1 atom stereocenters. The number of hydrogen-bond donors (Lipinski definition) is 1. The van der Waals surface area contributed by atoms with Gasteiger partial charge in [-0.1, -0.05) is 17.7 Å². The Morgan fingerprint density at radius 2 is 2.15 bits per heavy atom. The second-order valence-corrected chi connectivity index (χ2v) is 6.98. The average Bonchev–Trinajstić information content (AvgIpc) is 2.68. The second-order valence-electron chi connectivity index (χ2n) is 6.54. The molecule has 3 rings (SSSR count). The van der Waals surface area contributed by atoms with E-state index in [2.05, 4.69) is 10.3 Å². The summed E-state index contributed by atoms with van der Waals surface area (Å²) in [5.74, 6) is -0.266. The fourth-order valence-electron chi connectivity index (χ4n) is 3.23. The number of nitrogens with one attached hydrogen (secondary N) is 1. The summed E-state index contributed by atoms with van der Waals surface area (Å²) < 4.78 is 0. The van der Waals surface area contributed by atoms with Crippen molar-refractivity contribution in [2.24, 2.45) is 0 Å². The average molecular weight is 372 g/mol. The number of aryl methyl sites for hydroxylation is 1. The normalized spacial score (nSPS) is 17.0. The van der Waals surface area contributed by atoms with Gasteiger partial charge in [-0.25, -0.2) is 0 Å². The van der Waals surface area contributed by atoms with Crippen LogP contribution in [0.1, 0.15) is 40.7 Å². The minimum atomic E-state index is -0.448. The number of benzene rings is 1. The van der Waals surface area contributed by atoms with Crippen LogP contribution in [0.5, 0.6) is 0 Å². The van der Waals surface area contributed by atoms with Gasteiger partial charge in [0.2, 0.25) is 5.91 Å². The first kappa shape index (κ1) is 18.4. The lowest BCUT2D eigenvalue weighted by Crippen LogP contribution is -2.51. The maximum absolute atomic E-state index is 12.8. The lowest BCUT2D eigenvalue weighted by molar-refractivity contribution is -0.126. The summed E-state index contributed by atoms with van der Waals surface area (Å²) in [7, 11) is 0. The van der Waals surface area contributed by atoms with Crippen LogP contribution in [0.15, 0.2) is 42.7 Å². The van der Waals surface area contributed by atoms with E-state index in [9.17, 15) is 9.59 Å². The largest absolute Gasteiger partial charge is 0.350 e. The van der Waals surface area contributed by atoms with E-state index in [0.29, 0.717) is 30.1 Å². The number of carbonyl (C=O) groups is 2. The first-order valence-electron chi connectivity index (χ1n) is 8.80. The van der Waals surface area contributed by atoms with E-state index in [-0.39, 0.29) is 11.8 Å². The molecule has 26 heavy (non-hydrogen) atoms. The predicted molar refractivity (Wildman–Crippen MR) is 101 cm³/mol. The molecule has 6 heteroatoms. The molecule has 1 aliphatic rings. The van der Waals surface area contributed by atoms with Crippen molar-refractivity contribution in [1.29, 1.82) is 0 Å². The van der Waals surface area contributed by atoms with Crippen LogP contribution in [0.25, 0.3) is 0 Å². The maximum Gasteiger partial charge on any atom is 0.256 e. The zero-order valence-electron chi connectivity index (χ0n) is 14.7. The number of piperidine rings is 1. The third-order valence-electron chi connectivity index (χ3n) is 4.74. The highest BCUT2D eigenvalue weighted by Crippen LogP contribution is 2.20. The van der Waals surface area contributed by atoms with Gasteiger partial charge in [-0.2, -0.15) is 0 Å². The Morgan fingerprint density at radius 3 is 2.92 bits per heavy atom. The van der Waals surface area contributed by atoms with Gasteiger partial charge in [0.25, 0.3) is 5.91 Å².